The Morgan fingerprint density at radius 3 is 2.68 bits per heavy atom. The zero-order chi connectivity index (χ0) is 23.2. The van der Waals surface area contributed by atoms with Gasteiger partial charge in [-0.15, -0.1) is 0 Å². The number of fused-ring (bicyclic) bond motifs is 6. The number of benzene rings is 1. The van der Waals surface area contributed by atoms with Crippen molar-refractivity contribution in [3.63, 3.8) is 0 Å². The van der Waals surface area contributed by atoms with E-state index in [0.717, 1.165) is 42.4 Å². The maximum atomic E-state index is 14.0. The van der Waals surface area contributed by atoms with Gasteiger partial charge in [0.1, 0.15) is 17.1 Å². The third-order valence-corrected chi connectivity index (χ3v) is 11.1. The van der Waals surface area contributed by atoms with E-state index < -0.39 is 5.60 Å². The minimum Gasteiger partial charge on any atom is -0.390 e. The number of nitrogens with zero attached hydrogens (tertiary/aromatic N) is 3. The number of rotatable bonds is 3. The fraction of sp³-hybridized carbons (Fsp3) is 0.786. The molecule has 10 atom stereocenters. The van der Waals surface area contributed by atoms with Gasteiger partial charge < -0.3 is 9.84 Å². The van der Waals surface area contributed by atoms with Crippen molar-refractivity contribution in [3.05, 3.63) is 24.0 Å². The molecule has 4 saturated carbocycles. The van der Waals surface area contributed by atoms with Crippen molar-refractivity contribution in [2.24, 2.45) is 40.9 Å². The van der Waals surface area contributed by atoms with Gasteiger partial charge >= 0.3 is 0 Å². The van der Waals surface area contributed by atoms with Gasteiger partial charge in [0.05, 0.1) is 18.2 Å². The molecule has 34 heavy (non-hydrogen) atoms. The van der Waals surface area contributed by atoms with Crippen LogP contribution in [0.3, 0.4) is 0 Å². The Bertz CT molecular complexity index is 1100. The van der Waals surface area contributed by atoms with Gasteiger partial charge in [-0.3, -0.25) is 0 Å². The van der Waals surface area contributed by atoms with Crippen LogP contribution in [0.15, 0.2) is 18.2 Å². The van der Waals surface area contributed by atoms with Gasteiger partial charge in [-0.05, 0) is 118 Å². The van der Waals surface area contributed by atoms with Crippen molar-refractivity contribution in [1.82, 2.24) is 15.0 Å². The number of hydrogen-bond acceptors (Lipinski definition) is 4. The van der Waals surface area contributed by atoms with Gasteiger partial charge in [-0.2, -0.15) is 15.0 Å². The first-order chi connectivity index (χ1) is 16.3. The van der Waals surface area contributed by atoms with Gasteiger partial charge in [0.15, 0.2) is 5.82 Å². The average Bonchev–Trinajstić information content (AvgIpc) is 3.24. The molecule has 0 amide bonds. The number of ether oxygens (including phenoxy) is 1. The molecule has 7 rings (SSSR count). The van der Waals surface area contributed by atoms with E-state index in [1.165, 1.54) is 51.0 Å². The van der Waals surface area contributed by atoms with Gasteiger partial charge in [0, 0.05) is 0 Å². The second-order valence-electron chi connectivity index (χ2n) is 12.9. The Kier molecular flexibility index (Phi) is 4.78. The van der Waals surface area contributed by atoms with Crippen molar-refractivity contribution in [3.8, 4) is 0 Å². The second-order valence-corrected chi connectivity index (χ2v) is 12.9. The first kappa shape index (κ1) is 21.7. The maximum absolute atomic E-state index is 14.0. The molecule has 5 aliphatic rings. The van der Waals surface area contributed by atoms with Crippen molar-refractivity contribution in [2.45, 2.75) is 96.0 Å². The van der Waals surface area contributed by atoms with Crippen molar-refractivity contribution < 1.29 is 14.2 Å². The van der Waals surface area contributed by atoms with Crippen LogP contribution in [-0.2, 0) is 11.3 Å². The highest BCUT2D eigenvalue weighted by atomic mass is 19.1. The first-order valence-electron chi connectivity index (χ1n) is 13.7. The predicted octanol–water partition coefficient (Wildman–Crippen LogP) is 5.36. The number of aliphatic hydroxyl groups is 1. The van der Waals surface area contributed by atoms with Gasteiger partial charge in [0.25, 0.3) is 0 Å². The smallest absolute Gasteiger partial charge is 0.152 e. The number of aromatic nitrogens is 3. The summed E-state index contributed by atoms with van der Waals surface area (Å²) in [6, 6.07) is 4.94. The molecule has 4 aliphatic carbocycles. The third kappa shape index (κ3) is 3.31. The van der Waals surface area contributed by atoms with E-state index in [0.29, 0.717) is 35.0 Å². The second kappa shape index (κ2) is 7.49. The molecule has 0 spiro atoms. The topological polar surface area (TPSA) is 63.5 Å². The van der Waals surface area contributed by atoms with E-state index in [2.05, 4.69) is 24.0 Å². The molecule has 1 saturated heterocycles. The number of epoxide rings is 1. The van der Waals surface area contributed by atoms with Crippen LogP contribution in [0.2, 0.25) is 0 Å². The van der Waals surface area contributed by atoms with E-state index in [9.17, 15) is 9.50 Å². The molecule has 0 bridgehead atoms. The van der Waals surface area contributed by atoms with Crippen LogP contribution in [0.1, 0.15) is 71.6 Å². The molecule has 2 heterocycles. The molecule has 1 aliphatic heterocycles. The Balaban J connectivity index is 1.04. The maximum Gasteiger partial charge on any atom is 0.152 e. The lowest BCUT2D eigenvalue weighted by Crippen LogP contribution is -2.50. The lowest BCUT2D eigenvalue weighted by Gasteiger charge is -2.57. The van der Waals surface area contributed by atoms with Crippen LogP contribution < -0.4 is 0 Å². The quantitative estimate of drug-likeness (QED) is 0.618. The zero-order valence-electron chi connectivity index (χ0n) is 20.5. The van der Waals surface area contributed by atoms with Crippen LogP contribution in [0, 0.1) is 46.7 Å². The van der Waals surface area contributed by atoms with E-state index in [-0.39, 0.29) is 11.9 Å². The predicted molar refractivity (Wildman–Crippen MR) is 127 cm³/mol. The Morgan fingerprint density at radius 1 is 1.00 bits per heavy atom. The molecule has 5 nitrogen and oxygen atoms in total. The standard InChI is InChI=1S/C28H38FN3O2/c1-27(33)12-10-17-16(14-27)6-7-19-18(17)11-13-28(2)20(19)8-9-21(28)26-24(34-26)15-32-30-23-5-3-4-22(29)25(23)31-32/h3-5,16-21,24,26,33H,6-15H2,1-2H3/t16-,17+,18-,19-,20+,21-,24-,26?,27-,28+/m1/s1. The molecule has 1 aromatic carbocycles. The molecule has 6 heteroatoms. The largest absolute Gasteiger partial charge is 0.390 e. The number of hydrogen-bond donors (Lipinski definition) is 1. The van der Waals surface area contributed by atoms with E-state index in [1.807, 2.05) is 6.07 Å². The lowest BCUT2D eigenvalue weighted by molar-refractivity contribution is -0.101. The lowest BCUT2D eigenvalue weighted by atomic mass is 9.49. The van der Waals surface area contributed by atoms with E-state index in [1.54, 1.807) is 10.9 Å². The Labute approximate surface area is 201 Å². The van der Waals surface area contributed by atoms with Crippen LogP contribution >= 0.6 is 0 Å². The molecule has 1 aromatic heterocycles. The molecule has 1 N–H and O–H groups in total. The molecule has 1 unspecified atom stereocenters. The first-order valence-corrected chi connectivity index (χ1v) is 13.7. The SMILES string of the molecule is C[C@@]1(O)CC[C@H]2[C@H](CC[C@@H]3[C@@H]2CC[C@]2(C)[C@@H](C4O[C@@H]4Cn4nc5cccc(F)c5n4)CC[C@@H]32)C1. The van der Waals surface area contributed by atoms with Crippen LogP contribution in [-0.4, -0.2) is 37.9 Å². The molecule has 2 aromatic rings. The highest BCUT2D eigenvalue weighted by Crippen LogP contribution is 2.66. The van der Waals surface area contributed by atoms with Crippen molar-refractivity contribution in [2.75, 3.05) is 0 Å². The van der Waals surface area contributed by atoms with Crippen molar-refractivity contribution in [1.29, 1.82) is 0 Å². The summed E-state index contributed by atoms with van der Waals surface area (Å²) in [5, 5.41) is 19.5. The van der Waals surface area contributed by atoms with E-state index in [4.69, 9.17) is 4.74 Å². The minimum absolute atomic E-state index is 0.152. The third-order valence-electron chi connectivity index (χ3n) is 11.1. The highest BCUT2D eigenvalue weighted by Gasteiger charge is 2.62. The molecule has 184 valence electrons. The van der Waals surface area contributed by atoms with Crippen molar-refractivity contribution >= 4 is 11.0 Å². The fourth-order valence-corrected chi connectivity index (χ4v) is 9.51. The van der Waals surface area contributed by atoms with Gasteiger partial charge in [-0.25, -0.2) is 4.39 Å². The van der Waals surface area contributed by atoms with Crippen LogP contribution in [0.4, 0.5) is 4.39 Å². The summed E-state index contributed by atoms with van der Waals surface area (Å²) in [5.41, 5.74) is 0.908. The summed E-state index contributed by atoms with van der Waals surface area (Å²) in [7, 11) is 0. The Hall–Kier alpha value is -1.53. The summed E-state index contributed by atoms with van der Waals surface area (Å²) in [6.45, 7) is 5.24. The highest BCUT2D eigenvalue weighted by molar-refractivity contribution is 5.73. The van der Waals surface area contributed by atoms with Crippen LogP contribution in [0.5, 0.6) is 0 Å². The average molecular weight is 468 g/mol. The van der Waals surface area contributed by atoms with Gasteiger partial charge in [-0.1, -0.05) is 13.0 Å². The molecular weight excluding hydrogens is 429 g/mol. The summed E-state index contributed by atoms with van der Waals surface area (Å²) in [4.78, 5) is 1.64. The normalized spacial score (nSPS) is 47.8. The fourth-order valence-electron chi connectivity index (χ4n) is 9.51. The summed E-state index contributed by atoms with van der Waals surface area (Å²) in [6.07, 6.45) is 11.7. The Morgan fingerprint density at radius 2 is 1.82 bits per heavy atom. The zero-order valence-corrected chi connectivity index (χ0v) is 20.5. The van der Waals surface area contributed by atoms with Crippen LogP contribution in [0.25, 0.3) is 11.0 Å². The van der Waals surface area contributed by atoms with Gasteiger partial charge in [0.2, 0.25) is 0 Å². The number of halogens is 1. The summed E-state index contributed by atoms with van der Waals surface area (Å²) >= 11 is 0. The van der Waals surface area contributed by atoms with E-state index >= 15 is 0 Å². The monoisotopic (exact) mass is 467 g/mol. The molecular formula is C28H38FN3O2. The molecule has 0 radical (unpaired) electrons. The summed E-state index contributed by atoms with van der Waals surface area (Å²) in [5.74, 6) is 4.46. The summed E-state index contributed by atoms with van der Waals surface area (Å²) < 4.78 is 20.3. The molecule has 5 fully saturated rings. The minimum atomic E-state index is -0.436.